The molecule has 0 spiro atoms. The van der Waals surface area contributed by atoms with Gasteiger partial charge in [-0.3, -0.25) is 0 Å². The number of nitriles is 1. The Kier molecular flexibility index (Phi) is 5.95. The van der Waals surface area contributed by atoms with Crippen LogP contribution in [0.1, 0.15) is 23.2 Å². The number of aromatic carboxylic acids is 1. The Labute approximate surface area is 129 Å². The molecule has 1 aromatic carbocycles. The molecule has 108 valence electrons. The van der Waals surface area contributed by atoms with Crippen molar-refractivity contribution in [2.75, 3.05) is 6.54 Å². The molecule has 6 nitrogen and oxygen atoms in total. The van der Waals surface area contributed by atoms with Crippen molar-refractivity contribution in [2.45, 2.75) is 17.7 Å². The van der Waals surface area contributed by atoms with Crippen LogP contribution in [0.25, 0.3) is 0 Å². The Morgan fingerprint density at radius 2 is 2.15 bits per heavy atom. The first-order chi connectivity index (χ1) is 9.29. The van der Waals surface area contributed by atoms with E-state index in [0.717, 1.165) is 6.07 Å². The van der Waals surface area contributed by atoms with Crippen molar-refractivity contribution in [3.8, 4) is 6.07 Å². The third-order valence-electron chi connectivity index (χ3n) is 2.30. The van der Waals surface area contributed by atoms with Crippen molar-refractivity contribution in [1.29, 1.82) is 5.26 Å². The molecule has 0 unspecified atom stereocenters. The van der Waals surface area contributed by atoms with Gasteiger partial charge in [0, 0.05) is 17.4 Å². The van der Waals surface area contributed by atoms with E-state index in [1.165, 1.54) is 6.07 Å². The fourth-order valence-electron chi connectivity index (χ4n) is 1.33. The van der Waals surface area contributed by atoms with Gasteiger partial charge in [0.15, 0.2) is 0 Å². The summed E-state index contributed by atoms with van der Waals surface area (Å²) in [4.78, 5) is 10.8. The van der Waals surface area contributed by atoms with Gasteiger partial charge in [-0.15, -0.1) is 0 Å². The summed E-state index contributed by atoms with van der Waals surface area (Å²) in [6.45, 7) is 0.0958. The van der Waals surface area contributed by atoms with Crippen LogP contribution < -0.4 is 4.72 Å². The minimum atomic E-state index is -3.85. The average molecular weight is 382 g/mol. The van der Waals surface area contributed by atoms with Gasteiger partial charge in [-0.2, -0.15) is 5.26 Å². The third-order valence-corrected chi connectivity index (χ3v) is 5.00. The van der Waals surface area contributed by atoms with Gasteiger partial charge < -0.3 is 5.11 Å². The van der Waals surface area contributed by atoms with Crippen LogP contribution in [0.15, 0.2) is 21.5 Å². The molecule has 0 bridgehead atoms. The van der Waals surface area contributed by atoms with E-state index in [9.17, 15) is 13.2 Å². The van der Waals surface area contributed by atoms with Gasteiger partial charge >= 0.3 is 5.97 Å². The number of nitrogens with zero attached hydrogens (tertiary/aromatic N) is 1. The first kappa shape index (κ1) is 16.9. The molecule has 0 heterocycles. The summed E-state index contributed by atoms with van der Waals surface area (Å²) in [5, 5.41) is 17.3. The zero-order valence-electron chi connectivity index (χ0n) is 10.1. The van der Waals surface area contributed by atoms with Crippen LogP contribution >= 0.6 is 27.5 Å². The van der Waals surface area contributed by atoms with Gasteiger partial charge in [-0.25, -0.2) is 17.9 Å². The lowest BCUT2D eigenvalue weighted by Crippen LogP contribution is -2.25. The van der Waals surface area contributed by atoms with E-state index in [2.05, 4.69) is 20.7 Å². The number of benzene rings is 1. The van der Waals surface area contributed by atoms with E-state index in [1.807, 2.05) is 6.07 Å². The molecule has 1 rings (SSSR count). The van der Waals surface area contributed by atoms with Crippen molar-refractivity contribution in [3.05, 3.63) is 27.2 Å². The highest BCUT2D eigenvalue weighted by Gasteiger charge is 2.20. The van der Waals surface area contributed by atoms with E-state index in [-0.39, 0.29) is 32.9 Å². The zero-order valence-corrected chi connectivity index (χ0v) is 13.2. The van der Waals surface area contributed by atoms with Crippen molar-refractivity contribution < 1.29 is 18.3 Å². The Balaban J connectivity index is 3.07. The lowest BCUT2D eigenvalue weighted by atomic mass is 10.2. The summed E-state index contributed by atoms with van der Waals surface area (Å²) in [6, 6.07) is 4.11. The molecule has 1 aromatic rings. The molecule has 0 amide bonds. The third kappa shape index (κ3) is 4.18. The largest absolute Gasteiger partial charge is 0.478 e. The number of nitrogens with one attached hydrogen (secondary N) is 1. The van der Waals surface area contributed by atoms with Gasteiger partial charge in [0.2, 0.25) is 10.0 Å². The number of carboxylic acids is 1. The molecular formula is C11H10BrClN2O4S. The molecule has 0 saturated carbocycles. The van der Waals surface area contributed by atoms with E-state index < -0.39 is 16.0 Å². The smallest absolute Gasteiger partial charge is 0.337 e. The Bertz CT molecular complexity index is 670. The summed E-state index contributed by atoms with van der Waals surface area (Å²) < 4.78 is 26.4. The predicted molar refractivity (Wildman–Crippen MR) is 76.1 cm³/mol. The number of hydrogen-bond acceptors (Lipinski definition) is 4. The van der Waals surface area contributed by atoms with Crippen molar-refractivity contribution >= 4 is 43.5 Å². The molecule has 0 radical (unpaired) electrons. The van der Waals surface area contributed by atoms with E-state index >= 15 is 0 Å². The molecule has 0 fully saturated rings. The Hall–Kier alpha value is -1.14. The lowest BCUT2D eigenvalue weighted by Gasteiger charge is -2.09. The highest BCUT2D eigenvalue weighted by Crippen LogP contribution is 2.29. The Morgan fingerprint density at radius 1 is 1.50 bits per heavy atom. The lowest BCUT2D eigenvalue weighted by molar-refractivity contribution is 0.0696. The second-order valence-electron chi connectivity index (χ2n) is 3.73. The predicted octanol–water partition coefficient (Wildman–Crippen LogP) is 2.38. The first-order valence-corrected chi connectivity index (χ1v) is 8.04. The molecule has 0 saturated heterocycles. The summed E-state index contributed by atoms with van der Waals surface area (Å²) in [5.74, 6) is -1.32. The number of sulfonamides is 1. The van der Waals surface area contributed by atoms with Crippen molar-refractivity contribution in [1.82, 2.24) is 4.72 Å². The van der Waals surface area contributed by atoms with Gasteiger partial charge in [0.1, 0.15) is 0 Å². The van der Waals surface area contributed by atoms with Crippen LogP contribution in [0.3, 0.4) is 0 Å². The quantitative estimate of drug-likeness (QED) is 0.736. The highest BCUT2D eigenvalue weighted by molar-refractivity contribution is 9.10. The molecule has 20 heavy (non-hydrogen) atoms. The molecular weight excluding hydrogens is 372 g/mol. The average Bonchev–Trinajstić information content (AvgIpc) is 2.37. The molecule has 0 aliphatic heterocycles. The monoisotopic (exact) mass is 380 g/mol. The Morgan fingerprint density at radius 3 is 2.70 bits per heavy atom. The number of hydrogen-bond donors (Lipinski definition) is 2. The normalized spacial score (nSPS) is 11.1. The van der Waals surface area contributed by atoms with Crippen molar-refractivity contribution in [3.63, 3.8) is 0 Å². The topological polar surface area (TPSA) is 107 Å². The second kappa shape index (κ2) is 7.04. The van der Waals surface area contributed by atoms with Gasteiger partial charge in [-0.1, -0.05) is 11.6 Å². The SMILES string of the molecule is N#CCCCNS(=O)(=O)c1cc(Br)c(Cl)c(C(=O)O)c1. The molecule has 0 aliphatic carbocycles. The van der Waals surface area contributed by atoms with Gasteiger partial charge in [-0.05, 0) is 34.5 Å². The van der Waals surface area contributed by atoms with Crippen LogP contribution in [0, 0.1) is 11.3 Å². The van der Waals surface area contributed by atoms with Crippen LogP contribution in [-0.2, 0) is 10.0 Å². The van der Waals surface area contributed by atoms with Gasteiger partial charge in [0.05, 0.1) is 21.6 Å². The summed E-state index contributed by atoms with van der Waals surface area (Å²) in [7, 11) is -3.85. The summed E-state index contributed by atoms with van der Waals surface area (Å²) in [6.07, 6.45) is 0.601. The maximum absolute atomic E-state index is 12.0. The van der Waals surface area contributed by atoms with Crippen molar-refractivity contribution in [2.24, 2.45) is 0 Å². The molecule has 0 aromatic heterocycles. The maximum atomic E-state index is 12.0. The number of rotatable bonds is 6. The highest BCUT2D eigenvalue weighted by atomic mass is 79.9. The summed E-state index contributed by atoms with van der Waals surface area (Å²) >= 11 is 8.80. The van der Waals surface area contributed by atoms with Crippen LogP contribution in [-0.4, -0.2) is 26.0 Å². The number of carbonyl (C=O) groups is 1. The minimum Gasteiger partial charge on any atom is -0.478 e. The first-order valence-electron chi connectivity index (χ1n) is 5.38. The number of halogens is 2. The van der Waals surface area contributed by atoms with Crippen LogP contribution in [0.4, 0.5) is 0 Å². The minimum absolute atomic E-state index is 0.0686. The molecule has 9 heteroatoms. The molecule has 0 atom stereocenters. The fraction of sp³-hybridized carbons (Fsp3) is 0.273. The molecule has 0 aliphatic rings. The summed E-state index contributed by atoms with van der Waals surface area (Å²) in [5.41, 5.74) is -0.307. The van der Waals surface area contributed by atoms with Crippen LogP contribution in [0.2, 0.25) is 5.02 Å². The van der Waals surface area contributed by atoms with E-state index in [4.69, 9.17) is 22.0 Å². The standard InChI is InChI=1S/C11H10BrClN2O4S/c12-9-6-7(5-8(10(9)13)11(16)17)20(18,19)15-4-2-1-3-14/h5-6,15H,1-2,4H2,(H,16,17). The van der Waals surface area contributed by atoms with Gasteiger partial charge in [0.25, 0.3) is 0 Å². The van der Waals surface area contributed by atoms with Crippen LogP contribution in [0.5, 0.6) is 0 Å². The second-order valence-corrected chi connectivity index (χ2v) is 6.73. The van der Waals surface area contributed by atoms with E-state index in [1.54, 1.807) is 0 Å². The maximum Gasteiger partial charge on any atom is 0.337 e. The number of unbranched alkanes of at least 4 members (excludes halogenated alkanes) is 1. The van der Waals surface area contributed by atoms with E-state index in [0.29, 0.717) is 6.42 Å². The number of carboxylic acid groups (broad SMARTS) is 1. The fourth-order valence-corrected chi connectivity index (χ4v) is 3.26. The molecule has 2 N–H and O–H groups in total. The zero-order chi connectivity index (χ0) is 15.3.